The third kappa shape index (κ3) is 2.98. The number of carbonyl (C=O) groups is 2. The predicted molar refractivity (Wildman–Crippen MR) is 97.5 cm³/mol. The maximum absolute atomic E-state index is 12.9. The monoisotopic (exact) mass is 350 g/mol. The Balaban J connectivity index is 1.53. The van der Waals surface area contributed by atoms with Crippen molar-refractivity contribution in [1.29, 1.82) is 0 Å². The Morgan fingerprint density at radius 3 is 2.85 bits per heavy atom. The Morgan fingerprint density at radius 2 is 2.00 bits per heavy atom. The van der Waals surface area contributed by atoms with Crippen molar-refractivity contribution < 1.29 is 14.3 Å². The zero-order chi connectivity index (χ0) is 18.1. The van der Waals surface area contributed by atoms with Crippen LogP contribution in [-0.2, 0) is 0 Å². The van der Waals surface area contributed by atoms with E-state index in [4.69, 9.17) is 4.74 Å². The van der Waals surface area contributed by atoms with Crippen molar-refractivity contribution in [3.05, 3.63) is 59.4 Å². The number of ether oxygens (including phenoxy) is 1. The van der Waals surface area contributed by atoms with Crippen LogP contribution in [-0.4, -0.2) is 40.3 Å². The van der Waals surface area contributed by atoms with Gasteiger partial charge in [0.1, 0.15) is 17.0 Å². The van der Waals surface area contributed by atoms with Crippen molar-refractivity contribution in [2.24, 2.45) is 0 Å². The van der Waals surface area contributed by atoms with Crippen LogP contribution in [0.4, 0.5) is 0 Å². The highest BCUT2D eigenvalue weighted by molar-refractivity contribution is 6.00. The molecule has 5 nitrogen and oxygen atoms in total. The average Bonchev–Trinajstić information content (AvgIpc) is 2.84. The fourth-order valence-electron chi connectivity index (χ4n) is 3.95. The van der Waals surface area contributed by atoms with Gasteiger partial charge in [0.25, 0.3) is 5.91 Å². The number of para-hydroxylation sites is 1. The van der Waals surface area contributed by atoms with E-state index in [0.29, 0.717) is 42.9 Å². The summed E-state index contributed by atoms with van der Waals surface area (Å²) in [6.07, 6.45) is 4.28. The highest BCUT2D eigenvalue weighted by Crippen LogP contribution is 2.39. The van der Waals surface area contributed by atoms with E-state index >= 15 is 0 Å². The molecule has 1 fully saturated rings. The molecule has 5 heteroatoms. The average molecular weight is 350 g/mol. The van der Waals surface area contributed by atoms with E-state index in [-0.39, 0.29) is 11.7 Å². The lowest BCUT2D eigenvalue weighted by molar-refractivity contribution is 0.0300. The largest absolute Gasteiger partial charge is 0.486 e. The molecular weight excluding hydrogens is 328 g/mol. The van der Waals surface area contributed by atoms with Crippen LogP contribution in [0, 0.1) is 6.92 Å². The molecule has 1 spiro atoms. The van der Waals surface area contributed by atoms with Crippen molar-refractivity contribution in [1.82, 2.24) is 9.88 Å². The van der Waals surface area contributed by atoms with Gasteiger partial charge in [-0.3, -0.25) is 14.6 Å². The SMILES string of the molecule is Cc1cccnc1C(=O)N1CCCC2(CC1)CC(=O)c1ccccc1O2. The smallest absolute Gasteiger partial charge is 0.272 e. The lowest BCUT2D eigenvalue weighted by atomic mass is 9.84. The van der Waals surface area contributed by atoms with Crippen molar-refractivity contribution in [2.45, 2.75) is 38.2 Å². The molecule has 26 heavy (non-hydrogen) atoms. The number of aryl methyl sites for hydroxylation is 1. The molecule has 3 heterocycles. The number of aromatic nitrogens is 1. The van der Waals surface area contributed by atoms with Gasteiger partial charge in [0.2, 0.25) is 0 Å². The van der Waals surface area contributed by atoms with Crippen LogP contribution in [0.5, 0.6) is 5.75 Å². The van der Waals surface area contributed by atoms with E-state index in [1.165, 1.54) is 0 Å². The molecule has 2 aliphatic heterocycles. The van der Waals surface area contributed by atoms with Crippen LogP contribution in [0.25, 0.3) is 0 Å². The summed E-state index contributed by atoms with van der Waals surface area (Å²) in [6, 6.07) is 11.2. The third-order valence-corrected chi connectivity index (χ3v) is 5.39. The van der Waals surface area contributed by atoms with E-state index in [1.54, 1.807) is 6.20 Å². The van der Waals surface area contributed by atoms with Crippen molar-refractivity contribution in [2.75, 3.05) is 13.1 Å². The zero-order valence-electron chi connectivity index (χ0n) is 14.9. The summed E-state index contributed by atoms with van der Waals surface area (Å²) in [4.78, 5) is 31.5. The van der Waals surface area contributed by atoms with Crippen LogP contribution in [0.1, 0.15) is 52.1 Å². The molecule has 0 saturated carbocycles. The van der Waals surface area contributed by atoms with Gasteiger partial charge in [0, 0.05) is 25.7 Å². The van der Waals surface area contributed by atoms with E-state index in [0.717, 1.165) is 18.4 Å². The minimum atomic E-state index is -0.500. The minimum Gasteiger partial charge on any atom is -0.486 e. The Kier molecular flexibility index (Phi) is 4.23. The summed E-state index contributed by atoms with van der Waals surface area (Å²) in [5, 5.41) is 0. The summed E-state index contributed by atoms with van der Waals surface area (Å²) < 4.78 is 6.29. The second-order valence-electron chi connectivity index (χ2n) is 7.20. The van der Waals surface area contributed by atoms with Crippen molar-refractivity contribution in [3.63, 3.8) is 0 Å². The number of carbonyl (C=O) groups excluding carboxylic acids is 2. The maximum Gasteiger partial charge on any atom is 0.272 e. The number of benzene rings is 1. The fraction of sp³-hybridized carbons (Fsp3) is 0.381. The minimum absolute atomic E-state index is 0.0392. The number of hydrogen-bond acceptors (Lipinski definition) is 4. The third-order valence-electron chi connectivity index (χ3n) is 5.39. The number of hydrogen-bond donors (Lipinski definition) is 0. The first-order valence-corrected chi connectivity index (χ1v) is 9.10. The number of likely N-dealkylation sites (tertiary alicyclic amines) is 1. The summed E-state index contributed by atoms with van der Waals surface area (Å²) in [5.74, 6) is 0.763. The van der Waals surface area contributed by atoms with Crippen molar-refractivity contribution >= 4 is 11.7 Å². The van der Waals surface area contributed by atoms with Gasteiger partial charge in [0.05, 0.1) is 12.0 Å². The number of ketones is 1. The molecule has 0 aliphatic carbocycles. The number of amides is 1. The van der Waals surface area contributed by atoms with Crippen LogP contribution >= 0.6 is 0 Å². The molecule has 2 aliphatic rings. The van der Waals surface area contributed by atoms with Gasteiger partial charge in [-0.2, -0.15) is 0 Å². The first-order valence-electron chi connectivity index (χ1n) is 9.10. The van der Waals surface area contributed by atoms with Crippen LogP contribution in [0.15, 0.2) is 42.6 Å². The number of rotatable bonds is 1. The van der Waals surface area contributed by atoms with Crippen molar-refractivity contribution in [3.8, 4) is 5.75 Å². The van der Waals surface area contributed by atoms with Gasteiger partial charge < -0.3 is 9.64 Å². The lowest BCUT2D eigenvalue weighted by Gasteiger charge is -2.37. The van der Waals surface area contributed by atoms with E-state index in [1.807, 2.05) is 48.2 Å². The van der Waals surface area contributed by atoms with Gasteiger partial charge in [-0.05, 0) is 43.5 Å². The van der Waals surface area contributed by atoms with Crippen LogP contribution in [0.3, 0.4) is 0 Å². The lowest BCUT2D eigenvalue weighted by Crippen LogP contribution is -2.43. The summed E-state index contributed by atoms with van der Waals surface area (Å²) >= 11 is 0. The summed E-state index contributed by atoms with van der Waals surface area (Å²) in [5.41, 5.74) is 1.56. The summed E-state index contributed by atoms with van der Waals surface area (Å²) in [6.45, 7) is 3.14. The topological polar surface area (TPSA) is 59.5 Å². The molecule has 0 bridgehead atoms. The Hall–Kier alpha value is -2.69. The molecule has 1 saturated heterocycles. The highest BCUT2D eigenvalue weighted by Gasteiger charge is 2.42. The fourth-order valence-corrected chi connectivity index (χ4v) is 3.95. The number of pyridine rings is 1. The second-order valence-corrected chi connectivity index (χ2v) is 7.20. The molecule has 4 rings (SSSR count). The van der Waals surface area contributed by atoms with Crippen LogP contribution in [0.2, 0.25) is 0 Å². The molecule has 2 aromatic rings. The van der Waals surface area contributed by atoms with E-state index < -0.39 is 5.60 Å². The van der Waals surface area contributed by atoms with E-state index in [9.17, 15) is 9.59 Å². The normalized spacial score (nSPS) is 22.5. The second kappa shape index (κ2) is 6.56. The predicted octanol–water partition coefficient (Wildman–Crippen LogP) is 3.42. The van der Waals surface area contributed by atoms with Gasteiger partial charge in [0.15, 0.2) is 5.78 Å². The van der Waals surface area contributed by atoms with Gasteiger partial charge in [-0.25, -0.2) is 0 Å². The highest BCUT2D eigenvalue weighted by atomic mass is 16.5. The van der Waals surface area contributed by atoms with E-state index in [2.05, 4.69) is 4.98 Å². The standard InChI is InChI=1S/C21H22N2O3/c1-15-6-4-11-22-19(15)20(25)23-12-5-9-21(10-13-23)14-17(24)16-7-2-3-8-18(16)26-21/h2-4,6-8,11H,5,9-10,12-14H2,1H3. The molecule has 134 valence electrons. The molecule has 1 unspecified atom stereocenters. The number of fused-ring (bicyclic) bond motifs is 1. The zero-order valence-corrected chi connectivity index (χ0v) is 14.9. The molecule has 1 aromatic heterocycles. The molecule has 1 atom stereocenters. The number of Topliss-reactive ketones (excluding diaryl/α,β-unsaturated/α-hetero) is 1. The Labute approximate surface area is 153 Å². The Bertz CT molecular complexity index is 864. The van der Waals surface area contributed by atoms with Gasteiger partial charge >= 0.3 is 0 Å². The number of nitrogens with zero attached hydrogens (tertiary/aromatic N) is 2. The first-order chi connectivity index (χ1) is 12.6. The summed E-state index contributed by atoms with van der Waals surface area (Å²) in [7, 11) is 0. The first kappa shape index (κ1) is 16.8. The quantitative estimate of drug-likeness (QED) is 0.791. The molecule has 0 N–H and O–H groups in total. The Morgan fingerprint density at radius 1 is 1.15 bits per heavy atom. The van der Waals surface area contributed by atoms with Gasteiger partial charge in [-0.15, -0.1) is 0 Å². The molecule has 1 amide bonds. The van der Waals surface area contributed by atoms with Crippen LogP contribution < -0.4 is 4.74 Å². The molecular formula is C21H22N2O3. The molecule has 0 radical (unpaired) electrons. The van der Waals surface area contributed by atoms with Gasteiger partial charge in [-0.1, -0.05) is 18.2 Å². The maximum atomic E-state index is 12.9. The molecule has 1 aromatic carbocycles.